The number of nitrogens with zero attached hydrogens (tertiary/aromatic N) is 2. The second-order valence-electron chi connectivity index (χ2n) is 14.5. The van der Waals surface area contributed by atoms with Crippen LogP contribution in [0.5, 0.6) is 0 Å². The van der Waals surface area contributed by atoms with Gasteiger partial charge in [0, 0.05) is 0 Å². The van der Waals surface area contributed by atoms with Crippen LogP contribution < -0.4 is 0 Å². The van der Waals surface area contributed by atoms with Crippen molar-refractivity contribution in [1.29, 1.82) is 0 Å². The second kappa shape index (κ2) is 14.1. The molecule has 39 heavy (non-hydrogen) atoms. The van der Waals surface area contributed by atoms with Crippen molar-refractivity contribution in [1.82, 2.24) is 4.57 Å². The van der Waals surface area contributed by atoms with E-state index in [-0.39, 0.29) is 18.3 Å². The van der Waals surface area contributed by atoms with Crippen LogP contribution in [-0.2, 0) is 27.9 Å². The van der Waals surface area contributed by atoms with E-state index >= 15 is 0 Å². The number of hydrogen-bond acceptors (Lipinski definition) is 1. The maximum absolute atomic E-state index is 4.89. The summed E-state index contributed by atoms with van der Waals surface area (Å²) in [5, 5.41) is 4.67. The van der Waals surface area contributed by atoms with Gasteiger partial charge in [-0.1, -0.05) is 105 Å². The third-order valence-electron chi connectivity index (χ3n) is 9.42. The Morgan fingerprint density at radius 2 is 1.46 bits per heavy atom. The molecular formula is C33H54Cl2N2SiTi-2. The summed E-state index contributed by atoms with van der Waals surface area (Å²) in [4.78, 5) is 0. The first-order chi connectivity index (χ1) is 17.6. The molecule has 4 atom stereocenters. The predicted octanol–water partition coefficient (Wildman–Crippen LogP) is 10.2. The molecule has 1 saturated heterocycles. The molecule has 0 spiro atoms. The van der Waals surface area contributed by atoms with Crippen LogP contribution in [0.25, 0.3) is 10.9 Å². The summed E-state index contributed by atoms with van der Waals surface area (Å²) >= 11 is -0.556. The maximum atomic E-state index is 4.89. The number of fused-ring (bicyclic) bond motifs is 1. The second-order valence-corrected chi connectivity index (χ2v) is 21.7. The number of allylic oxidation sites excluding steroid dienone is 4. The van der Waals surface area contributed by atoms with E-state index in [1.54, 1.807) is 5.57 Å². The molecule has 3 aliphatic rings. The molecule has 4 unspecified atom stereocenters. The quantitative estimate of drug-likeness (QED) is 0.240. The Morgan fingerprint density at radius 1 is 0.949 bits per heavy atom. The van der Waals surface area contributed by atoms with Gasteiger partial charge in [-0.15, -0.1) is 13.1 Å². The van der Waals surface area contributed by atoms with Crippen LogP contribution in [-0.4, -0.2) is 39.0 Å². The topological polar surface area (TPSA) is 17.3 Å². The van der Waals surface area contributed by atoms with Gasteiger partial charge in [-0.25, -0.2) is 0 Å². The molecule has 6 heteroatoms. The normalized spacial score (nSPS) is 25.8. The van der Waals surface area contributed by atoms with E-state index in [1.165, 1.54) is 36.2 Å². The van der Waals surface area contributed by atoms with Crippen molar-refractivity contribution in [2.24, 2.45) is 23.7 Å². The number of halogens is 2. The van der Waals surface area contributed by atoms with Crippen LogP contribution in [0.4, 0.5) is 0 Å². The van der Waals surface area contributed by atoms with Crippen molar-refractivity contribution in [2.45, 2.75) is 91.3 Å². The van der Waals surface area contributed by atoms with Gasteiger partial charge in [-0.2, -0.15) is 0 Å². The van der Waals surface area contributed by atoms with Crippen molar-refractivity contribution in [3.63, 3.8) is 0 Å². The van der Waals surface area contributed by atoms with Crippen LogP contribution in [0.15, 0.2) is 36.4 Å². The summed E-state index contributed by atoms with van der Waals surface area (Å²) in [6.45, 7) is 28.9. The van der Waals surface area contributed by atoms with Crippen molar-refractivity contribution in [2.75, 3.05) is 26.2 Å². The van der Waals surface area contributed by atoms with E-state index in [1.807, 2.05) is 0 Å². The Labute approximate surface area is 259 Å². The van der Waals surface area contributed by atoms with Gasteiger partial charge in [0.1, 0.15) is 8.24 Å². The zero-order chi connectivity index (χ0) is 28.5. The first-order valence-corrected chi connectivity index (χ1v) is 21.8. The molecule has 2 fully saturated rings. The molecule has 1 aromatic rings. The predicted molar refractivity (Wildman–Crippen MR) is 175 cm³/mol. The molecule has 0 N–H and O–H groups in total. The van der Waals surface area contributed by atoms with E-state index in [2.05, 4.69) is 115 Å². The summed E-state index contributed by atoms with van der Waals surface area (Å²) in [6.07, 6.45) is 8.80. The number of hydrogen-bond donors (Lipinski definition) is 0. The van der Waals surface area contributed by atoms with E-state index in [9.17, 15) is 0 Å². The van der Waals surface area contributed by atoms with E-state index in [4.69, 9.17) is 18.6 Å². The molecule has 1 aromatic carbocycles. The Hall–Kier alpha value is 0.131. The van der Waals surface area contributed by atoms with E-state index < -0.39 is 25.3 Å². The molecular weight excluding hydrogens is 571 g/mol. The van der Waals surface area contributed by atoms with Gasteiger partial charge >= 0.3 is 35.6 Å². The number of benzene rings is 1. The molecule has 0 bridgehead atoms. The third kappa shape index (κ3) is 8.15. The van der Waals surface area contributed by atoms with Crippen molar-refractivity contribution in [3.05, 3.63) is 65.9 Å². The number of piperazine rings is 1. The van der Waals surface area contributed by atoms with Crippen LogP contribution in [0.3, 0.4) is 0 Å². The minimum absolute atomic E-state index is 0. The first kappa shape index (κ1) is 35.3. The first-order valence-electron chi connectivity index (χ1n) is 14.5. The van der Waals surface area contributed by atoms with Gasteiger partial charge in [0.05, 0.1) is 0 Å². The summed E-state index contributed by atoms with van der Waals surface area (Å²) in [7, 11) is 8.16. The average molecular weight is 626 g/mol. The van der Waals surface area contributed by atoms with Crippen LogP contribution in [0, 0.1) is 31.1 Å². The Morgan fingerprint density at radius 3 is 1.92 bits per heavy atom. The zero-order valence-electron chi connectivity index (χ0n) is 26.5. The van der Waals surface area contributed by atoms with Gasteiger partial charge in [0.2, 0.25) is 0 Å². The third-order valence-corrected chi connectivity index (χ3v) is 13.9. The summed E-state index contributed by atoms with van der Waals surface area (Å²) in [5.74, 6) is 2.83. The van der Waals surface area contributed by atoms with Gasteiger partial charge in [-0.05, 0) is 81.8 Å². The molecule has 1 heterocycles. The SMILES string of the molecule is CC(C)C1CC2C(c3cc(C(C)(C)C)cc(C(C)(C)C)c3)=CC=CC2C1[Si](C)(C)N1CC[N-]CC1.[CH3-].[Cl][Ti][Cl]. The van der Waals surface area contributed by atoms with Gasteiger partial charge < -0.3 is 17.3 Å². The Balaban J connectivity index is 0.00000127. The molecule has 1 saturated carbocycles. The Bertz CT molecular complexity index is 968. The number of rotatable bonds is 4. The molecule has 4 rings (SSSR count). The van der Waals surface area contributed by atoms with Crippen LogP contribution in [0.2, 0.25) is 18.6 Å². The molecule has 2 aliphatic carbocycles. The molecule has 0 aromatic heterocycles. The van der Waals surface area contributed by atoms with Gasteiger partial charge in [-0.3, -0.25) is 0 Å². The van der Waals surface area contributed by atoms with Crippen LogP contribution in [0.1, 0.15) is 78.5 Å². The average Bonchev–Trinajstić information content (AvgIpc) is 3.25. The molecule has 0 amide bonds. The summed E-state index contributed by atoms with van der Waals surface area (Å²) in [5.41, 5.74) is 7.10. The van der Waals surface area contributed by atoms with Gasteiger partial charge in [0.25, 0.3) is 0 Å². The molecule has 1 aliphatic heterocycles. The molecule has 2 nitrogen and oxygen atoms in total. The Kier molecular flexibility index (Phi) is 12.7. The zero-order valence-corrected chi connectivity index (χ0v) is 30.6. The summed E-state index contributed by atoms with van der Waals surface area (Å²) < 4.78 is 2.90. The van der Waals surface area contributed by atoms with Crippen molar-refractivity contribution < 1.29 is 17.0 Å². The summed E-state index contributed by atoms with van der Waals surface area (Å²) in [6, 6.07) is 7.50. The fourth-order valence-electron chi connectivity index (χ4n) is 7.18. The van der Waals surface area contributed by atoms with Crippen molar-refractivity contribution in [3.8, 4) is 0 Å². The fourth-order valence-corrected chi connectivity index (χ4v) is 11.8. The van der Waals surface area contributed by atoms with E-state index in [0.29, 0.717) is 11.8 Å². The van der Waals surface area contributed by atoms with Crippen molar-refractivity contribution >= 4 is 32.4 Å². The monoisotopic (exact) mass is 624 g/mol. The standard InChI is InChI=1S/C32H51N2Si.CH3.2ClH.Ti/c1-22(2)28-21-29-26(23-18-24(31(3,4)5)20-25(19-23)32(6,7)8)12-11-13-27(29)30(28)35(9,10)34-16-14-33-15-17-34;;;;/h11-13,18-20,22,27-30H,14-17,21H2,1-10H3;1H3;2*1H;/q2*-1;;;+2/p-2. The van der Waals surface area contributed by atoms with Crippen LogP contribution >= 0.6 is 18.6 Å². The molecule has 220 valence electrons. The minimum atomic E-state index is -1.62. The van der Waals surface area contributed by atoms with Gasteiger partial charge in [0.15, 0.2) is 0 Å². The fraction of sp³-hybridized carbons (Fsp3) is 0.667. The van der Waals surface area contributed by atoms with E-state index in [0.717, 1.165) is 30.5 Å². The molecule has 0 radical (unpaired) electrons.